The molecule has 0 spiro atoms. The van der Waals surface area contributed by atoms with E-state index >= 15 is 0 Å². The molecule has 0 heterocycles. The van der Waals surface area contributed by atoms with Gasteiger partial charge in [0, 0.05) is 0 Å². The van der Waals surface area contributed by atoms with Crippen molar-refractivity contribution in [2.24, 2.45) is 0 Å². The Morgan fingerprint density at radius 1 is 1.25 bits per heavy atom. The summed E-state index contributed by atoms with van der Waals surface area (Å²) < 4.78 is 0. The van der Waals surface area contributed by atoms with Gasteiger partial charge in [-0.3, -0.25) is 5.09 Å². The molecule has 0 aromatic heterocycles. The van der Waals surface area contributed by atoms with Gasteiger partial charge in [0.25, 0.3) is 0 Å². The van der Waals surface area contributed by atoms with Crippen LogP contribution >= 0.6 is 9.39 Å². The van der Waals surface area contributed by atoms with E-state index in [2.05, 4.69) is 21.4 Å². The molecular formula is C6H14NP. The number of hydrogen-bond acceptors (Lipinski definition) is 1. The Morgan fingerprint density at radius 2 is 2.00 bits per heavy atom. The highest BCUT2D eigenvalue weighted by molar-refractivity contribution is 7.13. The first-order chi connectivity index (χ1) is 3.91. The van der Waals surface area contributed by atoms with Gasteiger partial charge < -0.3 is 0 Å². The lowest BCUT2D eigenvalue weighted by atomic mass is 10.2. The largest absolute Gasteiger partial charge is 0.286 e. The average Bonchev–Trinajstić information content (AvgIpc) is 1.81. The van der Waals surface area contributed by atoms with E-state index in [0.717, 1.165) is 6.54 Å². The van der Waals surface area contributed by atoms with Gasteiger partial charge in [0.15, 0.2) is 0 Å². The van der Waals surface area contributed by atoms with Crippen molar-refractivity contribution in [3.63, 3.8) is 0 Å². The minimum Gasteiger partial charge on any atom is -0.286 e. The van der Waals surface area contributed by atoms with Gasteiger partial charge in [0.2, 0.25) is 0 Å². The van der Waals surface area contributed by atoms with Crippen LogP contribution in [0.2, 0.25) is 0 Å². The van der Waals surface area contributed by atoms with Gasteiger partial charge in [0.1, 0.15) is 0 Å². The third-order valence-corrected chi connectivity index (χ3v) is 1.37. The van der Waals surface area contributed by atoms with Crippen LogP contribution in [0.3, 0.4) is 0 Å². The van der Waals surface area contributed by atoms with Crippen molar-refractivity contribution in [1.82, 2.24) is 5.09 Å². The molecule has 0 bridgehead atoms. The molecule has 2 heteroatoms. The number of rotatable bonds is 5. The van der Waals surface area contributed by atoms with Crippen molar-refractivity contribution in [3.8, 4) is 0 Å². The molecular weight excluding hydrogens is 117 g/mol. The third kappa shape index (κ3) is 6.39. The highest BCUT2D eigenvalue weighted by Gasteiger charge is 1.83. The average molecular weight is 131 g/mol. The van der Waals surface area contributed by atoms with Gasteiger partial charge >= 0.3 is 0 Å². The summed E-state index contributed by atoms with van der Waals surface area (Å²) >= 11 is 0. The molecule has 0 aliphatic heterocycles. The third-order valence-electron chi connectivity index (χ3n) is 1.14. The zero-order valence-electron chi connectivity index (χ0n) is 5.48. The van der Waals surface area contributed by atoms with Crippen LogP contribution in [0.15, 0.2) is 0 Å². The smallest absolute Gasteiger partial charge is 0.0555 e. The normalized spacial score (nSPS) is 9.75. The first-order valence-corrected chi connectivity index (χ1v) is 3.73. The molecule has 0 saturated carbocycles. The maximum atomic E-state index is 3.87. The summed E-state index contributed by atoms with van der Waals surface area (Å²) in [5.74, 6) is 0. The summed E-state index contributed by atoms with van der Waals surface area (Å²) in [6.45, 7) is 3.26. The van der Waals surface area contributed by atoms with E-state index in [0.29, 0.717) is 0 Å². The SMILES string of the molecule is CCCCCCN[P]. The fourth-order valence-corrected chi connectivity index (χ4v) is 0.789. The molecule has 0 saturated heterocycles. The molecule has 0 aromatic carbocycles. The second-order valence-corrected chi connectivity index (χ2v) is 2.29. The van der Waals surface area contributed by atoms with Crippen LogP contribution in [0.1, 0.15) is 32.6 Å². The van der Waals surface area contributed by atoms with Gasteiger partial charge in [0.05, 0.1) is 9.39 Å². The molecule has 0 rings (SSSR count). The van der Waals surface area contributed by atoms with Crippen LogP contribution in [0.4, 0.5) is 0 Å². The lowest BCUT2D eigenvalue weighted by molar-refractivity contribution is 0.662. The molecule has 0 aromatic rings. The summed E-state index contributed by atoms with van der Waals surface area (Å²) in [4.78, 5) is 0. The maximum absolute atomic E-state index is 3.87. The fraction of sp³-hybridized carbons (Fsp3) is 1.00. The molecule has 1 N–H and O–H groups in total. The van der Waals surface area contributed by atoms with Crippen molar-refractivity contribution < 1.29 is 0 Å². The topological polar surface area (TPSA) is 12.0 Å². The monoisotopic (exact) mass is 131 g/mol. The molecule has 0 atom stereocenters. The Balaban J connectivity index is 2.53. The van der Waals surface area contributed by atoms with Crippen molar-refractivity contribution in [1.29, 1.82) is 0 Å². The quantitative estimate of drug-likeness (QED) is 0.446. The van der Waals surface area contributed by atoms with Crippen LogP contribution in [-0.2, 0) is 0 Å². The van der Waals surface area contributed by atoms with Gasteiger partial charge in [-0.05, 0) is 13.0 Å². The Kier molecular flexibility index (Phi) is 7.75. The molecule has 48 valence electrons. The Morgan fingerprint density at radius 3 is 2.50 bits per heavy atom. The Labute approximate surface area is 54.5 Å². The van der Waals surface area contributed by atoms with Crippen LogP contribution in [-0.4, -0.2) is 6.54 Å². The van der Waals surface area contributed by atoms with Crippen molar-refractivity contribution >= 4 is 9.39 Å². The van der Waals surface area contributed by atoms with E-state index in [1.165, 1.54) is 25.7 Å². The molecule has 0 aliphatic rings. The summed E-state index contributed by atoms with van der Waals surface area (Å²) in [5, 5.41) is 2.82. The van der Waals surface area contributed by atoms with Crippen LogP contribution < -0.4 is 5.09 Å². The zero-order valence-corrected chi connectivity index (χ0v) is 6.38. The summed E-state index contributed by atoms with van der Waals surface area (Å²) in [6.07, 6.45) is 5.27. The van der Waals surface area contributed by atoms with Crippen molar-refractivity contribution in [2.45, 2.75) is 32.6 Å². The molecule has 0 fully saturated rings. The van der Waals surface area contributed by atoms with Crippen LogP contribution in [0.25, 0.3) is 0 Å². The lowest BCUT2D eigenvalue weighted by Gasteiger charge is -1.94. The van der Waals surface area contributed by atoms with E-state index in [1.807, 2.05) is 0 Å². The maximum Gasteiger partial charge on any atom is 0.0555 e. The standard InChI is InChI=1S/C6H14NP/c1-2-3-4-5-6-7-8/h7H,2-6H2,1H3. The van der Waals surface area contributed by atoms with Crippen LogP contribution in [0, 0.1) is 0 Å². The van der Waals surface area contributed by atoms with E-state index in [9.17, 15) is 0 Å². The van der Waals surface area contributed by atoms with Gasteiger partial charge in [-0.25, -0.2) is 0 Å². The second-order valence-electron chi connectivity index (χ2n) is 1.97. The first-order valence-electron chi connectivity index (χ1n) is 3.28. The number of hydrogen-bond donors (Lipinski definition) is 1. The highest BCUT2D eigenvalue weighted by atomic mass is 31.0. The number of unbranched alkanes of at least 4 members (excludes halogenated alkanes) is 3. The van der Waals surface area contributed by atoms with Crippen molar-refractivity contribution in [2.75, 3.05) is 6.54 Å². The summed E-state index contributed by atoms with van der Waals surface area (Å²) in [7, 11) is 3.87. The van der Waals surface area contributed by atoms with E-state index in [4.69, 9.17) is 0 Å². The molecule has 1 nitrogen and oxygen atoms in total. The summed E-state index contributed by atoms with van der Waals surface area (Å²) in [6, 6.07) is 0. The highest BCUT2D eigenvalue weighted by Crippen LogP contribution is 1.96. The van der Waals surface area contributed by atoms with Crippen LogP contribution in [0.5, 0.6) is 0 Å². The molecule has 0 unspecified atom stereocenters. The molecule has 0 amide bonds. The van der Waals surface area contributed by atoms with Crippen molar-refractivity contribution in [3.05, 3.63) is 0 Å². The minimum absolute atomic E-state index is 1.04. The van der Waals surface area contributed by atoms with Gasteiger partial charge in [-0.15, -0.1) is 0 Å². The lowest BCUT2D eigenvalue weighted by Crippen LogP contribution is -1.98. The van der Waals surface area contributed by atoms with E-state index in [-0.39, 0.29) is 0 Å². The fourth-order valence-electron chi connectivity index (χ4n) is 0.631. The zero-order chi connectivity index (χ0) is 6.24. The predicted octanol–water partition coefficient (Wildman–Crippen LogP) is 2.48. The second kappa shape index (κ2) is 7.39. The van der Waals surface area contributed by atoms with Gasteiger partial charge in [-0.1, -0.05) is 26.2 Å². The summed E-state index contributed by atoms with van der Waals surface area (Å²) in [5.41, 5.74) is 0. The van der Waals surface area contributed by atoms with E-state index in [1.54, 1.807) is 0 Å². The molecule has 8 heavy (non-hydrogen) atoms. The van der Waals surface area contributed by atoms with Gasteiger partial charge in [-0.2, -0.15) is 0 Å². The predicted molar refractivity (Wildman–Crippen MR) is 39.1 cm³/mol. The minimum atomic E-state index is 1.04. The Hall–Kier alpha value is 0.390. The number of nitrogens with one attached hydrogen (secondary N) is 1. The molecule has 2 radical (unpaired) electrons. The van der Waals surface area contributed by atoms with E-state index < -0.39 is 0 Å². The molecule has 0 aliphatic carbocycles. The Bertz CT molecular complexity index is 33.5. The first kappa shape index (κ1) is 8.39.